The van der Waals surface area contributed by atoms with Crippen LogP contribution < -0.4 is 5.32 Å². The summed E-state index contributed by atoms with van der Waals surface area (Å²) in [5, 5.41) is 7.39. The van der Waals surface area contributed by atoms with E-state index in [0.29, 0.717) is 18.2 Å². The van der Waals surface area contributed by atoms with Crippen LogP contribution in [0.1, 0.15) is 36.5 Å². The van der Waals surface area contributed by atoms with Gasteiger partial charge in [0.05, 0.1) is 18.6 Å². The number of carbonyl (C=O) groups is 1. The molecule has 3 aliphatic rings. The summed E-state index contributed by atoms with van der Waals surface area (Å²) in [7, 11) is 0. The number of fused-ring (bicyclic) bond motifs is 1. The van der Waals surface area contributed by atoms with Crippen LogP contribution in [0.2, 0.25) is 0 Å². The Labute approximate surface area is 189 Å². The number of likely N-dealkylation sites (tertiary alicyclic amines) is 1. The number of rotatable bonds is 7. The molecule has 32 heavy (non-hydrogen) atoms. The van der Waals surface area contributed by atoms with Gasteiger partial charge in [0.2, 0.25) is 11.8 Å². The molecule has 0 radical (unpaired) electrons. The van der Waals surface area contributed by atoms with Gasteiger partial charge in [-0.15, -0.1) is 0 Å². The number of aryl methyl sites for hydroxylation is 1. The highest BCUT2D eigenvalue weighted by Gasteiger charge is 2.57. The summed E-state index contributed by atoms with van der Waals surface area (Å²) in [4.78, 5) is 22.1. The Kier molecular flexibility index (Phi) is 6.26. The molecule has 3 fully saturated rings. The fourth-order valence-electron chi connectivity index (χ4n) is 5.76. The van der Waals surface area contributed by atoms with Gasteiger partial charge in [-0.2, -0.15) is 4.98 Å². The second-order valence-corrected chi connectivity index (χ2v) is 9.56. The van der Waals surface area contributed by atoms with E-state index in [1.807, 2.05) is 6.92 Å². The lowest BCUT2D eigenvalue weighted by molar-refractivity contribution is -0.122. The quantitative estimate of drug-likeness (QED) is 0.704. The van der Waals surface area contributed by atoms with Gasteiger partial charge in [-0.25, -0.2) is 0 Å². The maximum atomic E-state index is 12.7. The number of nitrogens with one attached hydrogen (secondary N) is 1. The molecule has 8 nitrogen and oxygen atoms in total. The average molecular weight is 440 g/mol. The van der Waals surface area contributed by atoms with E-state index >= 15 is 0 Å². The average Bonchev–Trinajstić information content (AvgIpc) is 3.46. The van der Waals surface area contributed by atoms with E-state index in [1.54, 1.807) is 0 Å². The number of hydrogen-bond acceptors (Lipinski definition) is 7. The van der Waals surface area contributed by atoms with Crippen molar-refractivity contribution in [1.29, 1.82) is 0 Å². The SMILES string of the molecule is Cc1noc([C@]23C[C@H](NC(=O)CCN4CCOCC4)C[C@H]2CN(Cc2ccccc2)C3)n1. The second kappa shape index (κ2) is 9.29. The molecule has 1 amide bonds. The Morgan fingerprint density at radius 2 is 2.03 bits per heavy atom. The molecule has 1 saturated carbocycles. The van der Waals surface area contributed by atoms with Gasteiger partial charge in [0.1, 0.15) is 0 Å². The van der Waals surface area contributed by atoms with Crippen LogP contribution >= 0.6 is 0 Å². The maximum Gasteiger partial charge on any atom is 0.234 e. The number of amides is 1. The third-order valence-corrected chi connectivity index (χ3v) is 7.27. The number of benzene rings is 1. The molecule has 1 aliphatic carbocycles. The normalized spacial score (nSPS) is 28.7. The summed E-state index contributed by atoms with van der Waals surface area (Å²) >= 11 is 0. The van der Waals surface area contributed by atoms with Crippen molar-refractivity contribution >= 4 is 5.91 Å². The highest BCUT2D eigenvalue weighted by atomic mass is 16.5. The highest BCUT2D eigenvalue weighted by molar-refractivity contribution is 5.76. The van der Waals surface area contributed by atoms with Crippen LogP contribution in [0.5, 0.6) is 0 Å². The molecule has 172 valence electrons. The number of morpholine rings is 1. The summed E-state index contributed by atoms with van der Waals surface area (Å²) in [6, 6.07) is 10.7. The first kappa shape index (κ1) is 21.6. The molecule has 3 atom stereocenters. The molecule has 0 unspecified atom stereocenters. The van der Waals surface area contributed by atoms with Gasteiger partial charge < -0.3 is 14.6 Å². The van der Waals surface area contributed by atoms with Crippen molar-refractivity contribution in [3.05, 3.63) is 47.6 Å². The summed E-state index contributed by atoms with van der Waals surface area (Å²) in [5.74, 6) is 1.95. The Balaban J connectivity index is 1.23. The molecule has 2 aliphatic heterocycles. The van der Waals surface area contributed by atoms with Crippen molar-refractivity contribution in [3.63, 3.8) is 0 Å². The van der Waals surface area contributed by atoms with Crippen LogP contribution in [0, 0.1) is 12.8 Å². The van der Waals surface area contributed by atoms with Crippen LogP contribution in [0.4, 0.5) is 0 Å². The van der Waals surface area contributed by atoms with Gasteiger partial charge >= 0.3 is 0 Å². The molecule has 2 aromatic rings. The Bertz CT molecular complexity index is 913. The van der Waals surface area contributed by atoms with E-state index in [-0.39, 0.29) is 17.4 Å². The topological polar surface area (TPSA) is 83.7 Å². The first-order valence-corrected chi connectivity index (χ1v) is 11.8. The minimum Gasteiger partial charge on any atom is -0.379 e. The fourth-order valence-corrected chi connectivity index (χ4v) is 5.76. The highest BCUT2D eigenvalue weighted by Crippen LogP contribution is 2.50. The zero-order valence-corrected chi connectivity index (χ0v) is 18.8. The molecule has 5 rings (SSSR count). The molecule has 0 bridgehead atoms. The zero-order valence-electron chi connectivity index (χ0n) is 18.8. The number of carbonyl (C=O) groups excluding carboxylic acids is 1. The summed E-state index contributed by atoms with van der Waals surface area (Å²) < 4.78 is 11.1. The van der Waals surface area contributed by atoms with Crippen molar-refractivity contribution in [2.24, 2.45) is 5.92 Å². The molecular weight excluding hydrogens is 406 g/mol. The van der Waals surface area contributed by atoms with Crippen molar-refractivity contribution in [2.75, 3.05) is 45.9 Å². The fraction of sp³-hybridized carbons (Fsp3) is 0.625. The molecule has 2 saturated heterocycles. The number of hydrogen-bond donors (Lipinski definition) is 1. The molecule has 3 heterocycles. The monoisotopic (exact) mass is 439 g/mol. The summed E-state index contributed by atoms with van der Waals surface area (Å²) in [6.07, 6.45) is 2.35. The lowest BCUT2D eigenvalue weighted by atomic mass is 9.80. The van der Waals surface area contributed by atoms with Crippen LogP contribution in [-0.2, 0) is 21.5 Å². The Hall–Kier alpha value is -2.29. The maximum absolute atomic E-state index is 12.7. The predicted octanol–water partition coefficient (Wildman–Crippen LogP) is 1.75. The van der Waals surface area contributed by atoms with E-state index in [0.717, 1.165) is 71.2 Å². The van der Waals surface area contributed by atoms with Gasteiger partial charge in [0, 0.05) is 51.7 Å². The minimum atomic E-state index is -0.182. The van der Waals surface area contributed by atoms with Gasteiger partial charge in [0.25, 0.3) is 0 Å². The number of aromatic nitrogens is 2. The van der Waals surface area contributed by atoms with Gasteiger partial charge in [-0.1, -0.05) is 35.5 Å². The summed E-state index contributed by atoms with van der Waals surface area (Å²) in [5.41, 5.74) is 1.13. The molecule has 1 aromatic carbocycles. The second-order valence-electron chi connectivity index (χ2n) is 9.56. The zero-order chi connectivity index (χ0) is 22.0. The smallest absolute Gasteiger partial charge is 0.234 e. The van der Waals surface area contributed by atoms with Crippen LogP contribution in [0.25, 0.3) is 0 Å². The van der Waals surface area contributed by atoms with Crippen LogP contribution in [0.3, 0.4) is 0 Å². The molecule has 1 aromatic heterocycles. The van der Waals surface area contributed by atoms with Crippen molar-refractivity contribution in [1.82, 2.24) is 25.3 Å². The molecule has 0 spiro atoms. The van der Waals surface area contributed by atoms with Gasteiger partial charge in [-0.05, 0) is 31.2 Å². The first-order valence-electron chi connectivity index (χ1n) is 11.8. The number of nitrogens with zero attached hydrogens (tertiary/aromatic N) is 4. The Morgan fingerprint density at radius 3 is 2.78 bits per heavy atom. The van der Waals surface area contributed by atoms with Crippen molar-refractivity contribution < 1.29 is 14.1 Å². The standard InChI is InChI=1S/C24H33N5O3/c1-18-25-23(32-27-18)24-14-21(26-22(30)7-8-28-9-11-31-12-10-28)13-20(24)16-29(17-24)15-19-5-3-2-4-6-19/h2-6,20-21H,7-17H2,1H3,(H,26,30)/t20-,21+,24-/m0/s1. The lowest BCUT2D eigenvalue weighted by Gasteiger charge is -2.27. The predicted molar refractivity (Wildman–Crippen MR) is 119 cm³/mol. The lowest BCUT2D eigenvalue weighted by Crippen LogP contribution is -2.41. The molecular formula is C24H33N5O3. The third kappa shape index (κ3) is 4.58. The number of ether oxygens (including phenoxy) is 1. The van der Waals surface area contributed by atoms with Crippen LogP contribution in [-0.4, -0.2) is 77.8 Å². The van der Waals surface area contributed by atoms with Gasteiger partial charge in [-0.3, -0.25) is 14.6 Å². The molecule has 8 heteroatoms. The van der Waals surface area contributed by atoms with E-state index in [9.17, 15) is 4.79 Å². The van der Waals surface area contributed by atoms with E-state index in [4.69, 9.17) is 9.26 Å². The van der Waals surface area contributed by atoms with Crippen LogP contribution in [0.15, 0.2) is 34.9 Å². The van der Waals surface area contributed by atoms with Crippen molar-refractivity contribution in [2.45, 2.75) is 44.2 Å². The third-order valence-electron chi connectivity index (χ3n) is 7.27. The Morgan fingerprint density at radius 1 is 1.22 bits per heavy atom. The van der Waals surface area contributed by atoms with E-state index in [2.05, 4.69) is 55.6 Å². The van der Waals surface area contributed by atoms with Gasteiger partial charge in [0.15, 0.2) is 5.82 Å². The molecule has 1 N–H and O–H groups in total. The van der Waals surface area contributed by atoms with E-state index in [1.165, 1.54) is 5.56 Å². The minimum absolute atomic E-state index is 0.138. The largest absolute Gasteiger partial charge is 0.379 e. The first-order chi connectivity index (χ1) is 15.6. The van der Waals surface area contributed by atoms with E-state index < -0.39 is 0 Å². The van der Waals surface area contributed by atoms with Crippen molar-refractivity contribution in [3.8, 4) is 0 Å². The summed E-state index contributed by atoms with van der Waals surface area (Å²) in [6.45, 7) is 8.80.